The van der Waals surface area contributed by atoms with Crippen molar-refractivity contribution < 1.29 is 13.6 Å². The fourth-order valence-electron chi connectivity index (χ4n) is 3.72. The third kappa shape index (κ3) is 2.72. The monoisotopic (exact) mass is 360 g/mol. The lowest BCUT2D eigenvalue weighted by molar-refractivity contribution is 0.0703. The molecule has 27 heavy (non-hydrogen) atoms. The van der Waals surface area contributed by atoms with Gasteiger partial charge in [0.15, 0.2) is 5.76 Å². The minimum absolute atomic E-state index is 0.126. The topological polar surface area (TPSA) is 49.2 Å². The van der Waals surface area contributed by atoms with Gasteiger partial charge in [-0.15, -0.1) is 0 Å². The van der Waals surface area contributed by atoms with Crippen LogP contribution in [-0.4, -0.2) is 22.3 Å². The minimum atomic E-state index is -0.301. The molecule has 1 aliphatic heterocycles. The molecule has 3 heterocycles. The molecule has 0 atom stereocenters. The van der Waals surface area contributed by atoms with Gasteiger partial charge in [0.2, 0.25) is 0 Å². The number of nitrogens with zero attached hydrogens (tertiary/aromatic N) is 1. The molecule has 0 spiro atoms. The average Bonchev–Trinajstić information content (AvgIpc) is 3.32. The van der Waals surface area contributed by atoms with Gasteiger partial charge in [-0.1, -0.05) is 18.2 Å². The molecule has 1 N–H and O–H groups in total. The molecule has 4 nitrogen and oxygen atoms in total. The van der Waals surface area contributed by atoms with Crippen molar-refractivity contribution >= 4 is 16.8 Å². The maximum absolute atomic E-state index is 13.1. The van der Waals surface area contributed by atoms with E-state index in [-0.39, 0.29) is 11.7 Å². The lowest BCUT2D eigenvalue weighted by Crippen LogP contribution is -2.35. The zero-order valence-electron chi connectivity index (χ0n) is 14.5. The number of furan rings is 1. The highest BCUT2D eigenvalue weighted by molar-refractivity contribution is 5.93. The summed E-state index contributed by atoms with van der Waals surface area (Å²) in [5, 5.41) is 1.16. The summed E-state index contributed by atoms with van der Waals surface area (Å²) in [4.78, 5) is 18.2. The number of aromatic nitrogens is 1. The summed E-state index contributed by atoms with van der Waals surface area (Å²) < 4.78 is 18.9. The molecule has 1 aliphatic rings. The van der Waals surface area contributed by atoms with Crippen molar-refractivity contribution in [2.75, 3.05) is 6.54 Å². The number of hydrogen-bond donors (Lipinski definition) is 1. The van der Waals surface area contributed by atoms with Crippen LogP contribution < -0.4 is 0 Å². The third-order valence-electron chi connectivity index (χ3n) is 5.12. The molecule has 1 amide bonds. The number of benzene rings is 2. The van der Waals surface area contributed by atoms with E-state index in [1.165, 1.54) is 23.4 Å². The second-order valence-corrected chi connectivity index (χ2v) is 6.78. The van der Waals surface area contributed by atoms with Crippen LogP contribution >= 0.6 is 0 Å². The van der Waals surface area contributed by atoms with Crippen LogP contribution in [0.1, 0.15) is 21.8 Å². The SMILES string of the molecule is O=C(c1ccc(-c2ccc(F)cc2)o1)N1CCc2[nH]c3ccccc3c2C1. The van der Waals surface area contributed by atoms with Crippen LogP contribution in [0.15, 0.2) is 65.1 Å². The van der Waals surface area contributed by atoms with Crippen molar-refractivity contribution in [2.24, 2.45) is 0 Å². The second kappa shape index (κ2) is 6.13. The first-order valence-electron chi connectivity index (χ1n) is 8.92. The number of H-pyrrole nitrogens is 1. The highest BCUT2D eigenvalue weighted by Gasteiger charge is 2.26. The molecular formula is C22H17FN2O2. The van der Waals surface area contributed by atoms with Gasteiger partial charge in [-0.3, -0.25) is 4.79 Å². The van der Waals surface area contributed by atoms with Gasteiger partial charge in [-0.2, -0.15) is 0 Å². The normalized spacial score (nSPS) is 13.7. The summed E-state index contributed by atoms with van der Waals surface area (Å²) in [6.07, 6.45) is 0.793. The van der Waals surface area contributed by atoms with Crippen molar-refractivity contribution in [3.05, 3.63) is 83.5 Å². The number of nitrogens with one attached hydrogen (secondary N) is 1. The van der Waals surface area contributed by atoms with Crippen molar-refractivity contribution in [3.8, 4) is 11.3 Å². The molecule has 0 radical (unpaired) electrons. The maximum atomic E-state index is 13.1. The van der Waals surface area contributed by atoms with Crippen LogP contribution in [0.4, 0.5) is 4.39 Å². The van der Waals surface area contributed by atoms with Gasteiger partial charge < -0.3 is 14.3 Å². The number of aromatic amines is 1. The Labute approximate surface area is 155 Å². The molecule has 0 saturated heterocycles. The first-order chi connectivity index (χ1) is 13.2. The number of para-hydroxylation sites is 1. The van der Waals surface area contributed by atoms with E-state index < -0.39 is 0 Å². The molecule has 0 saturated carbocycles. The minimum Gasteiger partial charge on any atom is -0.451 e. The first kappa shape index (κ1) is 15.9. The van der Waals surface area contributed by atoms with Gasteiger partial charge in [-0.25, -0.2) is 4.39 Å². The quantitative estimate of drug-likeness (QED) is 0.560. The van der Waals surface area contributed by atoms with Gasteiger partial charge in [0.05, 0.1) is 0 Å². The number of amides is 1. The average molecular weight is 360 g/mol. The van der Waals surface area contributed by atoms with E-state index in [0.29, 0.717) is 24.6 Å². The molecule has 2 aromatic heterocycles. The van der Waals surface area contributed by atoms with Gasteiger partial charge in [0, 0.05) is 47.2 Å². The van der Waals surface area contributed by atoms with E-state index in [1.54, 1.807) is 24.3 Å². The van der Waals surface area contributed by atoms with E-state index >= 15 is 0 Å². The first-order valence-corrected chi connectivity index (χ1v) is 8.92. The Balaban J connectivity index is 1.41. The summed E-state index contributed by atoms with van der Waals surface area (Å²) in [6.45, 7) is 1.20. The molecular weight excluding hydrogens is 343 g/mol. The van der Waals surface area contributed by atoms with Crippen LogP contribution in [0.3, 0.4) is 0 Å². The highest BCUT2D eigenvalue weighted by Crippen LogP contribution is 2.29. The van der Waals surface area contributed by atoms with Crippen molar-refractivity contribution in [3.63, 3.8) is 0 Å². The van der Waals surface area contributed by atoms with Crippen LogP contribution in [0.25, 0.3) is 22.2 Å². The van der Waals surface area contributed by atoms with Gasteiger partial charge in [-0.05, 0) is 42.5 Å². The van der Waals surface area contributed by atoms with E-state index in [9.17, 15) is 9.18 Å². The van der Waals surface area contributed by atoms with E-state index in [2.05, 4.69) is 17.1 Å². The fourth-order valence-corrected chi connectivity index (χ4v) is 3.72. The number of carbonyl (C=O) groups excluding carboxylic acids is 1. The third-order valence-corrected chi connectivity index (χ3v) is 5.12. The Morgan fingerprint density at radius 3 is 2.70 bits per heavy atom. The summed E-state index contributed by atoms with van der Waals surface area (Å²) in [6, 6.07) is 17.6. The zero-order chi connectivity index (χ0) is 18.4. The summed E-state index contributed by atoms with van der Waals surface area (Å²) in [5.74, 6) is 0.435. The van der Waals surface area contributed by atoms with E-state index in [0.717, 1.165) is 22.9 Å². The largest absolute Gasteiger partial charge is 0.451 e. The van der Waals surface area contributed by atoms with Crippen molar-refractivity contribution in [2.45, 2.75) is 13.0 Å². The molecule has 134 valence electrons. The molecule has 0 unspecified atom stereocenters. The predicted molar refractivity (Wildman–Crippen MR) is 101 cm³/mol. The van der Waals surface area contributed by atoms with Crippen molar-refractivity contribution in [1.29, 1.82) is 0 Å². The van der Waals surface area contributed by atoms with Gasteiger partial charge >= 0.3 is 0 Å². The zero-order valence-corrected chi connectivity index (χ0v) is 14.5. The molecule has 0 aliphatic carbocycles. The molecule has 5 heteroatoms. The Bertz CT molecular complexity index is 1140. The number of carbonyl (C=O) groups is 1. The van der Waals surface area contributed by atoms with Gasteiger partial charge in [0.1, 0.15) is 11.6 Å². The molecule has 4 aromatic rings. The molecule has 0 fully saturated rings. The Kier molecular flexibility index (Phi) is 3.60. The second-order valence-electron chi connectivity index (χ2n) is 6.78. The molecule has 5 rings (SSSR count). The van der Waals surface area contributed by atoms with Crippen LogP contribution in [0.5, 0.6) is 0 Å². The van der Waals surface area contributed by atoms with E-state index in [1.807, 2.05) is 17.0 Å². The van der Waals surface area contributed by atoms with Crippen LogP contribution in [-0.2, 0) is 13.0 Å². The lowest BCUT2D eigenvalue weighted by Gasteiger charge is -2.26. The maximum Gasteiger partial charge on any atom is 0.289 e. The number of halogens is 1. The Morgan fingerprint density at radius 2 is 1.85 bits per heavy atom. The molecule has 2 aromatic carbocycles. The Hall–Kier alpha value is -3.34. The summed E-state index contributed by atoms with van der Waals surface area (Å²) >= 11 is 0. The fraction of sp³-hybridized carbons (Fsp3) is 0.136. The standard InChI is InChI=1S/C22H17FN2O2/c23-15-7-5-14(6-8-15)20-9-10-21(27-20)22(26)25-12-11-19-17(13-25)16-3-1-2-4-18(16)24-19/h1-10,24H,11-13H2. The summed E-state index contributed by atoms with van der Waals surface area (Å²) in [7, 11) is 0. The number of rotatable bonds is 2. The smallest absolute Gasteiger partial charge is 0.289 e. The van der Waals surface area contributed by atoms with Crippen LogP contribution in [0.2, 0.25) is 0 Å². The van der Waals surface area contributed by atoms with Crippen molar-refractivity contribution in [1.82, 2.24) is 9.88 Å². The highest BCUT2D eigenvalue weighted by atomic mass is 19.1. The van der Waals surface area contributed by atoms with Crippen LogP contribution in [0, 0.1) is 5.82 Å². The van der Waals surface area contributed by atoms with Gasteiger partial charge in [0.25, 0.3) is 5.91 Å². The molecule has 0 bridgehead atoms. The predicted octanol–water partition coefficient (Wildman–Crippen LogP) is 4.77. The number of hydrogen-bond acceptors (Lipinski definition) is 2. The summed E-state index contributed by atoms with van der Waals surface area (Å²) in [5.41, 5.74) is 4.23. The number of fused-ring (bicyclic) bond motifs is 3. The lowest BCUT2D eigenvalue weighted by atomic mass is 10.0. The van der Waals surface area contributed by atoms with E-state index in [4.69, 9.17) is 4.42 Å². The Morgan fingerprint density at radius 1 is 1.04 bits per heavy atom.